The Morgan fingerprint density at radius 3 is 2.71 bits per heavy atom. The number of carbonyl (C=O) groups is 1. The van der Waals surface area contributed by atoms with Gasteiger partial charge in [-0.05, 0) is 38.2 Å². The van der Waals surface area contributed by atoms with Crippen LogP contribution in [0.5, 0.6) is 5.75 Å². The van der Waals surface area contributed by atoms with Gasteiger partial charge in [0.2, 0.25) is 5.91 Å². The van der Waals surface area contributed by atoms with Gasteiger partial charge in [-0.2, -0.15) is 0 Å². The summed E-state index contributed by atoms with van der Waals surface area (Å²) in [6, 6.07) is 14.9. The first-order valence-corrected chi connectivity index (χ1v) is 9.09. The van der Waals surface area contributed by atoms with Gasteiger partial charge in [-0.15, -0.1) is 0 Å². The third-order valence-electron chi connectivity index (χ3n) is 4.98. The van der Waals surface area contributed by atoms with Crippen LogP contribution in [0, 0.1) is 0 Å². The SMILES string of the molecule is COc1cc2c(cc1NC(=O)[C@@H](C)N(C)Cc1ccco1)oc1ccccc12. The fourth-order valence-corrected chi connectivity index (χ4v) is 3.24. The van der Waals surface area contributed by atoms with Crippen molar-refractivity contribution in [3.63, 3.8) is 0 Å². The molecule has 4 rings (SSSR count). The third kappa shape index (κ3) is 3.34. The molecule has 2 aromatic carbocycles. The molecule has 0 unspecified atom stereocenters. The Hall–Kier alpha value is -3.25. The second-order valence-electron chi connectivity index (χ2n) is 6.81. The van der Waals surface area contributed by atoms with Crippen LogP contribution in [0.15, 0.2) is 63.6 Å². The predicted molar refractivity (Wildman–Crippen MR) is 109 cm³/mol. The number of amides is 1. The molecule has 6 nitrogen and oxygen atoms in total. The van der Waals surface area contributed by atoms with Crippen molar-refractivity contribution in [3.05, 3.63) is 60.6 Å². The van der Waals surface area contributed by atoms with Crippen LogP contribution in [0.25, 0.3) is 21.9 Å². The van der Waals surface area contributed by atoms with Gasteiger partial charge < -0.3 is 18.9 Å². The van der Waals surface area contributed by atoms with Gasteiger partial charge in [0, 0.05) is 16.8 Å². The molecule has 0 bridgehead atoms. The number of para-hydroxylation sites is 1. The van der Waals surface area contributed by atoms with E-state index in [0.717, 1.165) is 22.1 Å². The van der Waals surface area contributed by atoms with Gasteiger partial charge in [-0.25, -0.2) is 0 Å². The zero-order chi connectivity index (χ0) is 19.7. The second-order valence-corrected chi connectivity index (χ2v) is 6.81. The average Bonchev–Trinajstić information content (AvgIpc) is 3.33. The lowest BCUT2D eigenvalue weighted by molar-refractivity contribution is -0.120. The highest BCUT2D eigenvalue weighted by molar-refractivity contribution is 6.08. The van der Waals surface area contributed by atoms with E-state index < -0.39 is 0 Å². The number of benzene rings is 2. The molecule has 0 aliphatic carbocycles. The molecule has 2 aromatic heterocycles. The van der Waals surface area contributed by atoms with E-state index in [1.807, 2.05) is 67.4 Å². The number of anilines is 1. The van der Waals surface area contributed by atoms with Gasteiger partial charge in [0.25, 0.3) is 0 Å². The predicted octanol–water partition coefficient (Wildman–Crippen LogP) is 4.65. The molecule has 144 valence electrons. The summed E-state index contributed by atoms with van der Waals surface area (Å²) < 4.78 is 16.8. The van der Waals surface area contributed by atoms with E-state index in [4.69, 9.17) is 13.6 Å². The molecule has 6 heteroatoms. The number of rotatable bonds is 6. The minimum atomic E-state index is -0.360. The van der Waals surface area contributed by atoms with Gasteiger partial charge in [-0.3, -0.25) is 9.69 Å². The lowest BCUT2D eigenvalue weighted by atomic mass is 10.1. The Balaban J connectivity index is 1.59. The van der Waals surface area contributed by atoms with Crippen LogP contribution in [0.2, 0.25) is 0 Å². The first kappa shape index (κ1) is 18.1. The van der Waals surface area contributed by atoms with E-state index in [-0.39, 0.29) is 11.9 Å². The summed E-state index contributed by atoms with van der Waals surface area (Å²) in [4.78, 5) is 14.7. The van der Waals surface area contributed by atoms with Crippen LogP contribution in [0.4, 0.5) is 5.69 Å². The Morgan fingerprint density at radius 2 is 1.96 bits per heavy atom. The molecule has 0 saturated heterocycles. The van der Waals surface area contributed by atoms with Gasteiger partial charge >= 0.3 is 0 Å². The summed E-state index contributed by atoms with van der Waals surface area (Å²) in [6.45, 7) is 2.39. The third-order valence-corrected chi connectivity index (χ3v) is 4.98. The average molecular weight is 378 g/mol. The minimum absolute atomic E-state index is 0.136. The summed E-state index contributed by atoms with van der Waals surface area (Å²) in [6.07, 6.45) is 1.63. The molecule has 1 amide bonds. The van der Waals surface area contributed by atoms with E-state index in [1.54, 1.807) is 13.4 Å². The molecule has 2 heterocycles. The van der Waals surface area contributed by atoms with Crippen molar-refractivity contribution < 1.29 is 18.4 Å². The maximum absolute atomic E-state index is 12.8. The van der Waals surface area contributed by atoms with E-state index in [0.29, 0.717) is 23.6 Å². The van der Waals surface area contributed by atoms with Crippen LogP contribution in [-0.4, -0.2) is 31.0 Å². The van der Waals surface area contributed by atoms with E-state index in [2.05, 4.69) is 5.32 Å². The number of fused-ring (bicyclic) bond motifs is 3. The maximum atomic E-state index is 12.8. The second kappa shape index (κ2) is 7.40. The molecule has 0 fully saturated rings. The molecule has 0 radical (unpaired) electrons. The number of ether oxygens (including phenoxy) is 1. The number of likely N-dealkylation sites (N-methyl/N-ethyl adjacent to an activating group) is 1. The normalized spacial score (nSPS) is 12.6. The number of hydrogen-bond acceptors (Lipinski definition) is 5. The molecular formula is C22H22N2O4. The van der Waals surface area contributed by atoms with Crippen molar-refractivity contribution in [2.45, 2.75) is 19.5 Å². The zero-order valence-electron chi connectivity index (χ0n) is 16.1. The zero-order valence-corrected chi connectivity index (χ0v) is 16.1. The van der Waals surface area contributed by atoms with Crippen molar-refractivity contribution in [2.24, 2.45) is 0 Å². The summed E-state index contributed by atoms with van der Waals surface area (Å²) in [7, 11) is 3.47. The molecule has 28 heavy (non-hydrogen) atoms. The summed E-state index contributed by atoms with van der Waals surface area (Å²) in [5.74, 6) is 1.26. The molecule has 0 saturated carbocycles. The van der Waals surface area contributed by atoms with Gasteiger partial charge in [0.15, 0.2) is 0 Å². The lowest BCUT2D eigenvalue weighted by Crippen LogP contribution is -2.39. The van der Waals surface area contributed by atoms with E-state index in [1.165, 1.54) is 0 Å². The summed E-state index contributed by atoms with van der Waals surface area (Å²) >= 11 is 0. The van der Waals surface area contributed by atoms with Crippen molar-refractivity contribution in [1.82, 2.24) is 4.90 Å². The smallest absolute Gasteiger partial charge is 0.241 e. The van der Waals surface area contributed by atoms with Gasteiger partial charge in [-0.1, -0.05) is 18.2 Å². The number of hydrogen-bond donors (Lipinski definition) is 1. The van der Waals surface area contributed by atoms with Crippen molar-refractivity contribution >= 4 is 33.5 Å². The number of nitrogens with zero attached hydrogens (tertiary/aromatic N) is 1. The summed E-state index contributed by atoms with van der Waals surface area (Å²) in [5, 5.41) is 4.93. The topological polar surface area (TPSA) is 67.8 Å². The van der Waals surface area contributed by atoms with Crippen LogP contribution < -0.4 is 10.1 Å². The van der Waals surface area contributed by atoms with Gasteiger partial charge in [0.05, 0.1) is 31.6 Å². The highest BCUT2D eigenvalue weighted by atomic mass is 16.5. The van der Waals surface area contributed by atoms with Crippen LogP contribution in [0.1, 0.15) is 12.7 Å². The molecule has 0 spiro atoms. The van der Waals surface area contributed by atoms with Crippen molar-refractivity contribution in [3.8, 4) is 5.75 Å². The lowest BCUT2D eigenvalue weighted by Gasteiger charge is -2.23. The highest BCUT2D eigenvalue weighted by Crippen LogP contribution is 2.36. The van der Waals surface area contributed by atoms with E-state index >= 15 is 0 Å². The fraction of sp³-hybridized carbons (Fsp3) is 0.227. The number of nitrogens with one attached hydrogen (secondary N) is 1. The quantitative estimate of drug-likeness (QED) is 0.529. The van der Waals surface area contributed by atoms with Crippen LogP contribution in [0.3, 0.4) is 0 Å². The van der Waals surface area contributed by atoms with E-state index in [9.17, 15) is 4.79 Å². The standard InChI is InChI=1S/C22H22N2O4/c1-14(24(2)13-15-7-6-10-27-15)22(25)23-18-12-20-17(11-21(18)26-3)16-8-4-5-9-19(16)28-20/h4-12,14H,13H2,1-3H3,(H,23,25)/t14-/m1/s1. The largest absolute Gasteiger partial charge is 0.495 e. The molecule has 0 aliphatic heterocycles. The Kier molecular flexibility index (Phi) is 4.79. The number of carbonyl (C=O) groups excluding carboxylic acids is 1. The highest BCUT2D eigenvalue weighted by Gasteiger charge is 2.21. The Bertz CT molecular complexity index is 1110. The van der Waals surface area contributed by atoms with Crippen molar-refractivity contribution in [1.29, 1.82) is 0 Å². The maximum Gasteiger partial charge on any atom is 0.241 e. The van der Waals surface area contributed by atoms with Crippen LogP contribution >= 0.6 is 0 Å². The molecule has 0 aliphatic rings. The van der Waals surface area contributed by atoms with Gasteiger partial charge in [0.1, 0.15) is 22.7 Å². The van der Waals surface area contributed by atoms with Crippen molar-refractivity contribution in [2.75, 3.05) is 19.5 Å². The molecule has 4 aromatic rings. The molecule has 1 N–H and O–H groups in total. The monoisotopic (exact) mass is 378 g/mol. The number of furan rings is 2. The Morgan fingerprint density at radius 1 is 1.14 bits per heavy atom. The Labute approximate surface area is 162 Å². The summed E-state index contributed by atoms with van der Waals surface area (Å²) in [5.41, 5.74) is 2.08. The fourth-order valence-electron chi connectivity index (χ4n) is 3.24. The minimum Gasteiger partial charge on any atom is -0.495 e. The first-order valence-electron chi connectivity index (χ1n) is 9.09. The molecular weight excluding hydrogens is 356 g/mol. The molecule has 1 atom stereocenters. The van der Waals surface area contributed by atoms with Crippen LogP contribution in [-0.2, 0) is 11.3 Å². The number of methoxy groups -OCH3 is 1. The first-order chi connectivity index (χ1) is 13.6.